The molecule has 3 aliphatic heterocycles. The molecule has 1 aromatic heterocycles. The van der Waals surface area contributed by atoms with E-state index in [0.717, 1.165) is 40.8 Å². The van der Waals surface area contributed by atoms with E-state index in [0.29, 0.717) is 19.5 Å². The Morgan fingerprint density at radius 2 is 1.88 bits per heavy atom. The van der Waals surface area contributed by atoms with Gasteiger partial charge in [0.05, 0.1) is 18.7 Å². The summed E-state index contributed by atoms with van der Waals surface area (Å²) in [7, 11) is 1.68. The Morgan fingerprint density at radius 1 is 1.09 bits per heavy atom. The van der Waals surface area contributed by atoms with Crippen LogP contribution in [0.4, 0.5) is 0 Å². The van der Waals surface area contributed by atoms with Crippen LogP contribution in [0.5, 0.6) is 5.75 Å². The Bertz CT molecular complexity index is 1200. The molecule has 0 spiro atoms. The van der Waals surface area contributed by atoms with Crippen LogP contribution in [0.1, 0.15) is 57.8 Å². The van der Waals surface area contributed by atoms with Crippen LogP contribution in [0.15, 0.2) is 41.5 Å². The highest BCUT2D eigenvalue weighted by Crippen LogP contribution is 2.45. The lowest BCUT2D eigenvalue weighted by Crippen LogP contribution is -2.65. The van der Waals surface area contributed by atoms with Gasteiger partial charge in [0, 0.05) is 36.7 Å². The molecule has 4 heterocycles. The molecule has 6 heteroatoms. The third kappa shape index (κ3) is 3.38. The Kier molecular flexibility index (Phi) is 5.34. The lowest BCUT2D eigenvalue weighted by Gasteiger charge is -2.48. The van der Waals surface area contributed by atoms with Gasteiger partial charge < -0.3 is 19.1 Å². The zero-order chi connectivity index (χ0) is 23.4. The first-order chi connectivity index (χ1) is 15.8. The second kappa shape index (κ2) is 8.08. The molecule has 174 valence electrons. The van der Waals surface area contributed by atoms with Crippen LogP contribution in [0.2, 0.25) is 0 Å². The zero-order valence-electron chi connectivity index (χ0n) is 20.2. The lowest BCUT2D eigenvalue weighted by molar-refractivity contribution is -0.162. The van der Waals surface area contributed by atoms with Crippen LogP contribution >= 0.6 is 0 Å². The highest BCUT2D eigenvalue weighted by molar-refractivity contribution is 5.99. The van der Waals surface area contributed by atoms with Crippen molar-refractivity contribution in [3.05, 3.63) is 52.8 Å². The normalized spacial score (nSPS) is 23.8. The number of carbonyl (C=O) groups is 2. The van der Waals surface area contributed by atoms with Crippen LogP contribution in [-0.4, -0.2) is 51.9 Å². The number of methoxy groups -OCH3 is 1. The predicted molar refractivity (Wildman–Crippen MR) is 129 cm³/mol. The molecule has 0 radical (unpaired) electrons. The molecule has 6 nitrogen and oxygen atoms in total. The van der Waals surface area contributed by atoms with E-state index in [2.05, 4.69) is 56.5 Å². The third-order valence-corrected chi connectivity index (χ3v) is 7.27. The minimum atomic E-state index is -0.440. The molecule has 3 atom stereocenters. The van der Waals surface area contributed by atoms with Gasteiger partial charge in [0.1, 0.15) is 17.8 Å². The molecule has 1 aromatic carbocycles. The smallest absolute Gasteiger partial charge is 0.246 e. The number of piperazine rings is 1. The van der Waals surface area contributed by atoms with Gasteiger partial charge in [-0.05, 0) is 58.2 Å². The summed E-state index contributed by atoms with van der Waals surface area (Å²) >= 11 is 0. The number of aromatic nitrogens is 1. The van der Waals surface area contributed by atoms with Crippen LogP contribution in [0.25, 0.3) is 10.9 Å². The highest BCUT2D eigenvalue weighted by atomic mass is 16.5. The van der Waals surface area contributed by atoms with E-state index < -0.39 is 6.04 Å². The highest BCUT2D eigenvalue weighted by Gasteiger charge is 2.52. The van der Waals surface area contributed by atoms with Gasteiger partial charge >= 0.3 is 0 Å². The van der Waals surface area contributed by atoms with Gasteiger partial charge in [-0.15, -0.1) is 0 Å². The first kappa shape index (κ1) is 21.8. The summed E-state index contributed by atoms with van der Waals surface area (Å²) in [5.41, 5.74) is 5.77. The van der Waals surface area contributed by atoms with E-state index in [9.17, 15) is 9.59 Å². The van der Waals surface area contributed by atoms with E-state index in [1.54, 1.807) is 7.11 Å². The lowest BCUT2D eigenvalue weighted by atomic mass is 9.87. The summed E-state index contributed by atoms with van der Waals surface area (Å²) in [4.78, 5) is 31.0. The summed E-state index contributed by atoms with van der Waals surface area (Å²) < 4.78 is 7.86. The maximum absolute atomic E-state index is 13.7. The van der Waals surface area contributed by atoms with E-state index in [4.69, 9.17) is 4.74 Å². The van der Waals surface area contributed by atoms with Crippen molar-refractivity contribution in [2.24, 2.45) is 0 Å². The number of amides is 2. The molecule has 0 saturated carbocycles. The van der Waals surface area contributed by atoms with Gasteiger partial charge in [-0.25, -0.2) is 0 Å². The fourth-order valence-corrected chi connectivity index (χ4v) is 5.81. The molecular formula is C27H33N3O3. The fourth-order valence-electron chi connectivity index (χ4n) is 5.81. The Labute approximate surface area is 195 Å². The molecular weight excluding hydrogens is 414 g/mol. The molecule has 33 heavy (non-hydrogen) atoms. The first-order valence-corrected chi connectivity index (χ1v) is 11.9. The Morgan fingerprint density at radius 3 is 2.58 bits per heavy atom. The quantitative estimate of drug-likeness (QED) is 0.654. The minimum Gasteiger partial charge on any atom is -0.497 e. The van der Waals surface area contributed by atoms with Crippen molar-refractivity contribution < 1.29 is 14.3 Å². The standard InChI is InChI=1S/C27H33N3O3/c1-16(2)10-12-28-22-14-18(33-5)8-9-19(22)20-15-24-26(31)29-11-6-7-21(29)27(32)30(24)23(25(20)28)13-17(3)4/h8-10,13-14,21,23-24H,6-7,11-12,15H2,1-5H3/t21?,23-,24?/m0/s1. The van der Waals surface area contributed by atoms with E-state index in [-0.39, 0.29) is 23.9 Å². The first-order valence-electron chi connectivity index (χ1n) is 11.9. The summed E-state index contributed by atoms with van der Waals surface area (Å²) in [6, 6.07) is 5.16. The summed E-state index contributed by atoms with van der Waals surface area (Å²) in [5, 5.41) is 1.14. The van der Waals surface area contributed by atoms with E-state index in [1.165, 1.54) is 11.1 Å². The number of rotatable bonds is 4. The molecule has 0 N–H and O–H groups in total. The van der Waals surface area contributed by atoms with Crippen molar-refractivity contribution in [1.29, 1.82) is 0 Å². The maximum atomic E-state index is 13.7. The van der Waals surface area contributed by atoms with Gasteiger partial charge in [-0.2, -0.15) is 0 Å². The second-order valence-electron chi connectivity index (χ2n) is 9.98. The van der Waals surface area contributed by atoms with Crippen molar-refractivity contribution in [3.63, 3.8) is 0 Å². The SMILES string of the molecule is COc1ccc2c3c(n(CC=C(C)C)c2c1)[C@H](C=C(C)C)N1C(=O)C2CCCN2C(=O)C1C3. The molecule has 3 aliphatic rings. The molecule has 2 unspecified atom stereocenters. The predicted octanol–water partition coefficient (Wildman–Crippen LogP) is 4.38. The Hall–Kier alpha value is -3.02. The van der Waals surface area contributed by atoms with Gasteiger partial charge in [0.25, 0.3) is 0 Å². The summed E-state index contributed by atoms with van der Waals surface area (Å²) in [5.74, 6) is 1.01. The van der Waals surface area contributed by atoms with Crippen LogP contribution in [0.3, 0.4) is 0 Å². The average Bonchev–Trinajstić information content (AvgIpc) is 3.38. The molecule has 0 aliphatic carbocycles. The number of nitrogens with zero attached hydrogens (tertiary/aromatic N) is 3. The number of carbonyl (C=O) groups excluding carboxylic acids is 2. The van der Waals surface area contributed by atoms with E-state index >= 15 is 0 Å². The van der Waals surface area contributed by atoms with Crippen molar-refractivity contribution >= 4 is 22.7 Å². The topological polar surface area (TPSA) is 54.8 Å². The van der Waals surface area contributed by atoms with Gasteiger partial charge in [0.2, 0.25) is 11.8 Å². The number of hydrogen-bond donors (Lipinski definition) is 0. The Balaban J connectivity index is 1.77. The monoisotopic (exact) mass is 447 g/mol. The second-order valence-corrected chi connectivity index (χ2v) is 9.98. The number of benzene rings is 1. The molecule has 2 aromatic rings. The molecule has 0 bridgehead atoms. The van der Waals surface area contributed by atoms with Crippen LogP contribution in [0, 0.1) is 0 Å². The van der Waals surface area contributed by atoms with Gasteiger partial charge in [-0.1, -0.05) is 23.3 Å². The van der Waals surface area contributed by atoms with Crippen molar-refractivity contribution in [3.8, 4) is 5.75 Å². The van der Waals surface area contributed by atoms with Gasteiger partial charge in [0.15, 0.2) is 0 Å². The van der Waals surface area contributed by atoms with Crippen molar-refractivity contribution in [2.75, 3.05) is 13.7 Å². The van der Waals surface area contributed by atoms with Crippen molar-refractivity contribution in [2.45, 2.75) is 71.6 Å². The van der Waals surface area contributed by atoms with Crippen LogP contribution < -0.4 is 4.74 Å². The molecule has 2 saturated heterocycles. The third-order valence-electron chi connectivity index (χ3n) is 7.27. The molecule has 2 fully saturated rings. The number of fused-ring (bicyclic) bond motifs is 5. The fraction of sp³-hybridized carbons (Fsp3) is 0.481. The summed E-state index contributed by atoms with van der Waals surface area (Å²) in [6.45, 7) is 9.73. The maximum Gasteiger partial charge on any atom is 0.246 e. The minimum absolute atomic E-state index is 0.0989. The molecule has 5 rings (SSSR count). The van der Waals surface area contributed by atoms with Gasteiger partial charge in [-0.3, -0.25) is 9.59 Å². The molecule has 2 amide bonds. The zero-order valence-corrected chi connectivity index (χ0v) is 20.2. The summed E-state index contributed by atoms with van der Waals surface area (Å²) in [6.07, 6.45) is 6.60. The van der Waals surface area contributed by atoms with Crippen molar-refractivity contribution in [1.82, 2.24) is 14.4 Å². The van der Waals surface area contributed by atoms with Crippen LogP contribution in [-0.2, 0) is 22.6 Å². The number of allylic oxidation sites excluding steroid dienone is 3. The average molecular weight is 448 g/mol. The van der Waals surface area contributed by atoms with E-state index in [1.807, 2.05) is 15.9 Å². The largest absolute Gasteiger partial charge is 0.497 e. The number of ether oxygens (including phenoxy) is 1. The number of hydrogen-bond acceptors (Lipinski definition) is 3.